The molecule has 1 aromatic heterocycles. The Morgan fingerprint density at radius 2 is 1.66 bits per heavy atom. The van der Waals surface area contributed by atoms with Crippen LogP contribution in [0.3, 0.4) is 0 Å². The van der Waals surface area contributed by atoms with E-state index in [0.717, 1.165) is 30.7 Å². The summed E-state index contributed by atoms with van der Waals surface area (Å²) in [4.78, 5) is 4.06. The van der Waals surface area contributed by atoms with Crippen molar-refractivity contribution in [3.05, 3.63) is 47.4 Å². The average molecular weight is 556 g/mol. The van der Waals surface area contributed by atoms with Gasteiger partial charge in [0.05, 0.1) is 6.26 Å². The lowest BCUT2D eigenvalue weighted by molar-refractivity contribution is -0.0632. The summed E-state index contributed by atoms with van der Waals surface area (Å²) in [5, 5.41) is 18.9. The summed E-state index contributed by atoms with van der Waals surface area (Å²) in [6.45, 7) is 4.77. The maximum absolute atomic E-state index is 12.9. The SMILES string of the molecule is CS(=O)(=O)N1CCN(CCOc2ccc(C3CCN(c4ccc(=N)n(C(=N)C(F)(F)F)n4)CC3)cc2)CC1. The monoisotopic (exact) mass is 555 g/mol. The Hall–Kier alpha value is -2.97. The molecule has 0 saturated carbocycles. The molecule has 0 spiro atoms. The van der Waals surface area contributed by atoms with Crippen molar-refractivity contribution < 1.29 is 26.3 Å². The Balaban J connectivity index is 1.25. The molecule has 3 heterocycles. The van der Waals surface area contributed by atoms with Crippen molar-refractivity contribution in [2.24, 2.45) is 0 Å². The fraction of sp³-hybridized carbons (Fsp3) is 0.542. The van der Waals surface area contributed by atoms with Gasteiger partial charge in [-0.15, -0.1) is 5.10 Å². The molecule has 10 nitrogen and oxygen atoms in total. The molecule has 14 heteroatoms. The first-order chi connectivity index (χ1) is 17.9. The molecule has 2 aliphatic rings. The van der Waals surface area contributed by atoms with Crippen molar-refractivity contribution in [2.75, 3.05) is 63.6 Å². The van der Waals surface area contributed by atoms with E-state index in [1.165, 1.54) is 22.7 Å². The molecule has 2 fully saturated rings. The minimum Gasteiger partial charge on any atom is -0.492 e. The van der Waals surface area contributed by atoms with Gasteiger partial charge in [-0.25, -0.2) is 8.42 Å². The van der Waals surface area contributed by atoms with Gasteiger partial charge in [-0.05, 0) is 48.6 Å². The van der Waals surface area contributed by atoms with Crippen LogP contribution < -0.4 is 15.1 Å². The number of piperazine rings is 1. The number of hydrogen-bond acceptors (Lipinski definition) is 8. The third-order valence-corrected chi connectivity index (χ3v) is 8.25. The first-order valence-electron chi connectivity index (χ1n) is 12.4. The predicted octanol–water partition coefficient (Wildman–Crippen LogP) is 2.09. The molecule has 4 rings (SSSR count). The summed E-state index contributed by atoms with van der Waals surface area (Å²) in [5.74, 6) is -0.314. The minimum absolute atomic E-state index is 0.294. The molecule has 1 aromatic carbocycles. The lowest BCUT2D eigenvalue weighted by atomic mass is 9.89. The second-order valence-corrected chi connectivity index (χ2v) is 11.5. The second kappa shape index (κ2) is 11.4. The summed E-state index contributed by atoms with van der Waals surface area (Å²) in [6, 6.07) is 10.7. The zero-order valence-electron chi connectivity index (χ0n) is 21.1. The van der Waals surface area contributed by atoms with E-state index in [-0.39, 0.29) is 0 Å². The largest absolute Gasteiger partial charge is 0.492 e. The van der Waals surface area contributed by atoms with Crippen molar-refractivity contribution in [1.82, 2.24) is 19.0 Å². The Bertz CT molecular complexity index is 1280. The van der Waals surface area contributed by atoms with E-state index in [9.17, 15) is 21.6 Å². The summed E-state index contributed by atoms with van der Waals surface area (Å²) >= 11 is 0. The van der Waals surface area contributed by atoms with Crippen molar-refractivity contribution >= 4 is 21.7 Å². The van der Waals surface area contributed by atoms with E-state index in [1.807, 2.05) is 29.2 Å². The summed E-state index contributed by atoms with van der Waals surface area (Å²) in [5.41, 5.74) is 0.667. The number of halogens is 3. The standard InChI is InChI=1S/C24H32F3N7O3S/c1-38(35,36)33-14-12-31(13-15-33)16-17-37-20-4-2-18(3-5-20)19-8-10-32(11-9-19)22-7-6-21(28)34(30-22)23(29)24(25,26)27/h2-7,19,28-29H,8-17H2,1H3. The van der Waals surface area contributed by atoms with Crippen LogP contribution in [0.4, 0.5) is 19.0 Å². The fourth-order valence-corrected chi connectivity index (χ4v) is 5.56. The molecule has 0 radical (unpaired) electrons. The normalized spacial score (nSPS) is 18.5. The Morgan fingerprint density at radius 1 is 1.03 bits per heavy atom. The van der Waals surface area contributed by atoms with E-state index < -0.39 is 27.5 Å². The van der Waals surface area contributed by atoms with Crippen LogP contribution in [0.15, 0.2) is 36.4 Å². The highest BCUT2D eigenvalue weighted by Gasteiger charge is 2.37. The molecule has 0 bridgehead atoms. The molecule has 2 N–H and O–H groups in total. The van der Waals surface area contributed by atoms with Gasteiger partial charge in [-0.2, -0.15) is 22.2 Å². The number of ether oxygens (including phenoxy) is 1. The van der Waals surface area contributed by atoms with Crippen LogP contribution in [-0.2, 0) is 10.0 Å². The molecule has 0 amide bonds. The highest BCUT2D eigenvalue weighted by atomic mass is 32.2. The molecule has 0 unspecified atom stereocenters. The topological polar surface area (TPSA) is 119 Å². The maximum atomic E-state index is 12.9. The molecule has 2 aromatic rings. The Labute approximate surface area is 219 Å². The van der Waals surface area contributed by atoms with Crippen LogP contribution in [0.25, 0.3) is 0 Å². The number of alkyl halides is 3. The molecule has 0 atom stereocenters. The zero-order valence-corrected chi connectivity index (χ0v) is 21.9. The van der Waals surface area contributed by atoms with Gasteiger partial charge in [0.1, 0.15) is 23.7 Å². The second-order valence-electron chi connectivity index (χ2n) is 9.52. The number of nitrogens with one attached hydrogen (secondary N) is 2. The number of sulfonamides is 1. The summed E-state index contributed by atoms with van der Waals surface area (Å²) in [6.07, 6.45) is -2.07. The van der Waals surface area contributed by atoms with Crippen molar-refractivity contribution in [2.45, 2.75) is 24.9 Å². The van der Waals surface area contributed by atoms with E-state index in [1.54, 1.807) is 0 Å². The number of anilines is 1. The summed E-state index contributed by atoms with van der Waals surface area (Å²) < 4.78 is 69.8. The third kappa shape index (κ3) is 6.91. The molecule has 2 saturated heterocycles. The van der Waals surface area contributed by atoms with Gasteiger partial charge in [-0.3, -0.25) is 15.7 Å². The third-order valence-electron chi connectivity index (χ3n) is 6.95. The van der Waals surface area contributed by atoms with Gasteiger partial charge in [-0.1, -0.05) is 12.1 Å². The molecule has 208 valence electrons. The minimum atomic E-state index is -4.88. The first-order valence-corrected chi connectivity index (χ1v) is 14.2. The number of nitrogens with zero attached hydrogens (tertiary/aromatic N) is 5. The number of piperidine rings is 1. The van der Waals surface area contributed by atoms with Crippen molar-refractivity contribution in [3.8, 4) is 5.75 Å². The molecule has 2 aliphatic heterocycles. The van der Waals surface area contributed by atoms with E-state index in [0.29, 0.717) is 62.3 Å². The number of hydrogen-bond donors (Lipinski definition) is 2. The van der Waals surface area contributed by atoms with Crippen LogP contribution in [0, 0.1) is 10.8 Å². The quantitative estimate of drug-likeness (QED) is 0.399. The van der Waals surface area contributed by atoms with E-state index in [2.05, 4.69) is 10.00 Å². The number of rotatable bonds is 7. The van der Waals surface area contributed by atoms with Gasteiger partial charge < -0.3 is 9.64 Å². The fourth-order valence-electron chi connectivity index (χ4n) is 4.73. The zero-order chi connectivity index (χ0) is 27.5. The lowest BCUT2D eigenvalue weighted by Crippen LogP contribution is -2.49. The van der Waals surface area contributed by atoms with Gasteiger partial charge in [0.15, 0.2) is 0 Å². The first kappa shape index (κ1) is 28.0. The Kier molecular flexibility index (Phi) is 8.43. The van der Waals surface area contributed by atoms with E-state index >= 15 is 0 Å². The molecular weight excluding hydrogens is 523 g/mol. The van der Waals surface area contributed by atoms with Gasteiger partial charge in [0, 0.05) is 45.8 Å². The van der Waals surface area contributed by atoms with Crippen LogP contribution in [0.2, 0.25) is 0 Å². The van der Waals surface area contributed by atoms with Gasteiger partial charge in [0.25, 0.3) is 0 Å². The number of aromatic nitrogens is 2. The molecule has 0 aliphatic carbocycles. The highest BCUT2D eigenvalue weighted by Crippen LogP contribution is 2.30. The maximum Gasteiger partial charge on any atom is 0.451 e. The van der Waals surface area contributed by atoms with Crippen LogP contribution in [0.1, 0.15) is 24.3 Å². The number of benzene rings is 1. The highest BCUT2D eigenvalue weighted by molar-refractivity contribution is 7.88. The van der Waals surface area contributed by atoms with Crippen LogP contribution in [0.5, 0.6) is 5.75 Å². The molecule has 38 heavy (non-hydrogen) atoms. The van der Waals surface area contributed by atoms with Crippen LogP contribution >= 0.6 is 0 Å². The van der Waals surface area contributed by atoms with Gasteiger partial charge >= 0.3 is 6.18 Å². The van der Waals surface area contributed by atoms with Crippen LogP contribution in [-0.4, -0.2) is 98.1 Å². The van der Waals surface area contributed by atoms with Gasteiger partial charge in [0.2, 0.25) is 15.9 Å². The van der Waals surface area contributed by atoms with Crippen molar-refractivity contribution in [1.29, 1.82) is 10.8 Å². The Morgan fingerprint density at radius 3 is 2.24 bits per heavy atom. The molecular formula is C24H32F3N7O3S. The summed E-state index contributed by atoms with van der Waals surface area (Å²) in [7, 11) is -3.14. The lowest BCUT2D eigenvalue weighted by Gasteiger charge is -2.33. The predicted molar refractivity (Wildman–Crippen MR) is 136 cm³/mol. The van der Waals surface area contributed by atoms with Crippen molar-refractivity contribution in [3.63, 3.8) is 0 Å². The average Bonchev–Trinajstić information content (AvgIpc) is 2.88. The van der Waals surface area contributed by atoms with E-state index in [4.69, 9.17) is 15.6 Å². The smallest absolute Gasteiger partial charge is 0.451 e.